The molecule has 3 aromatic heterocycles. The molecule has 0 spiro atoms. The quantitative estimate of drug-likeness (QED) is 0.122. The molecule has 150 heavy (non-hydrogen) atoms. The van der Waals surface area contributed by atoms with E-state index in [4.69, 9.17) is 8.83 Å². The minimum atomic E-state index is -0.104. The van der Waals surface area contributed by atoms with E-state index < -0.39 is 0 Å². The third-order valence-corrected chi connectivity index (χ3v) is 35.6. The molecule has 0 N–H and O–H groups in total. The molecular weight excluding hydrogens is 1840 g/mol. The van der Waals surface area contributed by atoms with E-state index in [1.165, 1.54) is 199 Å². The summed E-state index contributed by atoms with van der Waals surface area (Å²) in [7, 11) is 0. The minimum absolute atomic E-state index is 0.0475. The highest BCUT2D eigenvalue weighted by Crippen LogP contribution is 2.63. The molecule has 6 aliphatic rings. The van der Waals surface area contributed by atoms with E-state index in [9.17, 15) is 0 Å². The van der Waals surface area contributed by atoms with Crippen LogP contribution in [0.25, 0.3) is 164 Å². The lowest BCUT2D eigenvalue weighted by Gasteiger charge is -2.30. The number of furan rings is 2. The van der Waals surface area contributed by atoms with Crippen LogP contribution in [0.3, 0.4) is 0 Å². The first-order valence-corrected chi connectivity index (χ1v) is 53.6. The van der Waals surface area contributed by atoms with Gasteiger partial charge in [0.25, 0.3) is 0 Å². The highest BCUT2D eigenvalue weighted by atomic mass is 32.1. The summed E-state index contributed by atoms with van der Waals surface area (Å²) < 4.78 is 15.4. The van der Waals surface area contributed by atoms with Gasteiger partial charge >= 0.3 is 0 Å². The Morgan fingerprint density at radius 3 is 0.933 bits per heavy atom. The summed E-state index contributed by atoms with van der Waals surface area (Å²) in [6.07, 6.45) is 0. The number of thiophene rings is 1. The summed E-state index contributed by atoms with van der Waals surface area (Å²) in [4.78, 5) is 7.47. The maximum absolute atomic E-state index is 6.52. The van der Waals surface area contributed by atoms with Gasteiger partial charge in [-0.2, -0.15) is 0 Å². The van der Waals surface area contributed by atoms with Gasteiger partial charge in [-0.25, -0.2) is 0 Å². The fourth-order valence-corrected chi connectivity index (χ4v) is 28.1. The molecule has 0 amide bonds. The maximum Gasteiger partial charge on any atom is 0.143 e. The Morgan fingerprint density at radius 2 is 0.467 bits per heavy atom. The summed E-state index contributed by atoms with van der Waals surface area (Å²) in [6.45, 7) is 28.3. The van der Waals surface area contributed by atoms with Gasteiger partial charge in [0.05, 0.1) is 17.1 Å². The number of hydrogen-bond acceptors (Lipinski definition) is 6. The van der Waals surface area contributed by atoms with E-state index in [1.807, 2.05) is 29.5 Å². The molecule has 0 unspecified atom stereocenters. The second-order valence-corrected chi connectivity index (χ2v) is 45.9. The first-order chi connectivity index (χ1) is 73.0. The van der Waals surface area contributed by atoms with Crippen LogP contribution in [0.1, 0.15) is 150 Å². The molecule has 3 heterocycles. The van der Waals surface area contributed by atoms with Crippen LogP contribution >= 0.6 is 11.3 Å². The zero-order chi connectivity index (χ0) is 101. The Labute approximate surface area is 881 Å². The van der Waals surface area contributed by atoms with Gasteiger partial charge in [-0.15, -0.1) is 11.3 Å². The van der Waals surface area contributed by atoms with Gasteiger partial charge in [-0.05, 0) is 266 Å². The van der Waals surface area contributed by atoms with Crippen molar-refractivity contribution in [1.82, 2.24) is 0 Å². The van der Waals surface area contributed by atoms with Crippen molar-refractivity contribution in [1.29, 1.82) is 0 Å². The monoisotopic (exact) mass is 1950 g/mol. The zero-order valence-electron chi connectivity index (χ0n) is 86.4. The summed E-state index contributed by atoms with van der Waals surface area (Å²) in [5, 5.41) is 7.25. The molecule has 0 saturated heterocycles. The highest BCUT2D eigenvalue weighted by Gasteiger charge is 2.45. The molecule has 5 nitrogen and oxygen atoms in total. The van der Waals surface area contributed by atoms with E-state index in [1.54, 1.807) is 0 Å². The van der Waals surface area contributed by atoms with Gasteiger partial charge < -0.3 is 23.5 Å². The summed E-state index contributed by atoms with van der Waals surface area (Å²) in [5.74, 6) is 0. The van der Waals surface area contributed by atoms with Crippen molar-refractivity contribution in [3.05, 3.63) is 522 Å². The summed E-state index contributed by atoms with van der Waals surface area (Å²) >= 11 is 1.88. The van der Waals surface area contributed by atoms with E-state index in [0.29, 0.717) is 0 Å². The number of para-hydroxylation sites is 3. The third-order valence-electron chi connectivity index (χ3n) is 34.4. The Hall–Kier alpha value is -17.2. The predicted molar refractivity (Wildman–Crippen MR) is 633 cm³/mol. The topological polar surface area (TPSA) is 36.0 Å². The van der Waals surface area contributed by atoms with Crippen molar-refractivity contribution < 1.29 is 8.83 Å². The van der Waals surface area contributed by atoms with E-state index in [2.05, 4.69) is 535 Å². The normalized spacial score (nSPS) is 14.7. The van der Waals surface area contributed by atoms with Crippen LogP contribution in [-0.2, 0) is 32.5 Å². The molecule has 30 rings (SSSR count). The Morgan fingerprint density at radius 1 is 0.173 bits per heavy atom. The molecule has 6 aliphatic carbocycles. The molecule has 0 fully saturated rings. The fraction of sp³-hybridized carbons (Fsp3) is 0.125. The van der Waals surface area contributed by atoms with Gasteiger partial charge in [0.15, 0.2) is 0 Å². The van der Waals surface area contributed by atoms with Crippen molar-refractivity contribution in [2.24, 2.45) is 0 Å². The Bertz CT molecular complexity index is 9760. The molecule has 21 aromatic carbocycles. The van der Waals surface area contributed by atoms with Crippen LogP contribution in [0.2, 0.25) is 0 Å². The van der Waals surface area contributed by atoms with Gasteiger partial charge in [-0.3, -0.25) is 0 Å². The molecule has 0 bridgehead atoms. The molecule has 0 atom stereocenters. The average molecular weight is 1950 g/mol. The number of benzene rings is 21. The summed E-state index contributed by atoms with van der Waals surface area (Å²) in [5.41, 5.74) is 53.1. The van der Waals surface area contributed by atoms with Gasteiger partial charge in [0.2, 0.25) is 0 Å². The average Bonchev–Trinajstić information content (AvgIpc) is 1.56. The third kappa shape index (κ3) is 13.6. The minimum Gasteiger partial charge on any atom is -0.456 e. The van der Waals surface area contributed by atoms with E-state index in [-0.39, 0.29) is 32.5 Å². The van der Waals surface area contributed by atoms with Gasteiger partial charge in [0.1, 0.15) is 22.3 Å². The van der Waals surface area contributed by atoms with Gasteiger partial charge in [0, 0.05) is 131 Å². The van der Waals surface area contributed by atoms with Crippen molar-refractivity contribution in [2.45, 2.75) is 116 Å². The molecule has 0 radical (unpaired) electrons. The number of anilines is 9. The molecular formula is C144H111N3O2S. The number of rotatable bonds is 12. The fourth-order valence-electron chi connectivity index (χ4n) is 27.0. The molecule has 0 saturated carbocycles. The first-order valence-electron chi connectivity index (χ1n) is 52.8. The lowest BCUT2D eigenvalue weighted by atomic mass is 9.82. The largest absolute Gasteiger partial charge is 0.456 e. The van der Waals surface area contributed by atoms with Crippen LogP contribution in [-0.4, -0.2) is 0 Å². The van der Waals surface area contributed by atoms with Crippen molar-refractivity contribution in [3.8, 4) is 100 Å². The standard InChI is InChI=1S/2C48H37NO.C48H37NS/c1-47(2)39-21-8-5-16-34(39)38-29-32(26-27-41(38)47)49(43-24-13-23-42-45(43)37-18-6-9-22-40(37)48(42,3)4)31-15-11-14-30(28-31)33-19-12-20-36-35-17-7-10-25-44(35)50-46(33)36;1-47(2)38-17-8-5-13-34(38)37-29-32(27-28-40(37)47)49(42-20-12-19-41-46(42)35-14-6-9-18-39(35)48(41,3)4)31-25-23-30(24-26-31)33-16-11-22-44-45(33)36-15-7-10-21-43(36)50-44;1-47(2)38-20-8-5-16-34(38)37-29-32(26-27-40(37)47)49(42-23-13-22-41-46(42)35-17-6-9-21-39(35)48(41,3)4)31-15-11-14-30(28-31)33-19-12-25-44-45(33)36-18-7-10-24-43(36)50-44/h3*5-29H,1-4H3. The van der Waals surface area contributed by atoms with Gasteiger partial charge in [-0.1, -0.05) is 417 Å². The van der Waals surface area contributed by atoms with Crippen LogP contribution in [0.15, 0.2) is 464 Å². The van der Waals surface area contributed by atoms with Crippen LogP contribution in [0, 0.1) is 0 Å². The molecule has 720 valence electrons. The van der Waals surface area contributed by atoms with Crippen LogP contribution in [0.4, 0.5) is 51.2 Å². The molecule has 0 aliphatic heterocycles. The number of nitrogens with zero attached hydrogens (tertiary/aromatic N) is 3. The van der Waals surface area contributed by atoms with Crippen LogP contribution < -0.4 is 14.7 Å². The van der Waals surface area contributed by atoms with Crippen molar-refractivity contribution >= 4 is 127 Å². The number of hydrogen-bond donors (Lipinski definition) is 0. The summed E-state index contributed by atoms with van der Waals surface area (Å²) in [6, 6.07) is 168. The lowest BCUT2D eigenvalue weighted by Crippen LogP contribution is -2.16. The maximum atomic E-state index is 6.52. The van der Waals surface area contributed by atoms with E-state index in [0.717, 1.165) is 83.4 Å². The second kappa shape index (κ2) is 33.7. The van der Waals surface area contributed by atoms with Crippen LogP contribution in [0.5, 0.6) is 0 Å². The lowest BCUT2D eigenvalue weighted by molar-refractivity contribution is 0.660. The van der Waals surface area contributed by atoms with Crippen molar-refractivity contribution in [3.63, 3.8) is 0 Å². The Balaban J connectivity index is 0.000000108. The first kappa shape index (κ1) is 90.4. The Kier molecular flexibility index (Phi) is 20.3. The number of fused-ring (bicyclic) bond motifs is 27. The van der Waals surface area contributed by atoms with E-state index >= 15 is 0 Å². The molecule has 6 heteroatoms. The van der Waals surface area contributed by atoms with Crippen molar-refractivity contribution in [2.75, 3.05) is 14.7 Å². The highest BCUT2D eigenvalue weighted by molar-refractivity contribution is 7.26. The smallest absolute Gasteiger partial charge is 0.143 e. The SMILES string of the molecule is CC1(C)c2ccccc2-c2cc(N(c3ccc(-c4cccc5oc6ccccc6c45)cc3)c3cccc4c3-c3ccccc3C4(C)C)ccc21.CC1(C)c2ccccc2-c2cc(N(c3cccc(-c4cccc5c4oc4ccccc45)c3)c3cccc4c3-c3ccccc3C4(C)C)ccc21.CC1(C)c2ccccc2-c2cc(N(c3cccc(-c4cccc5sc6ccccc6c45)c3)c3cccc4c3-c3ccccc3C4(C)C)ccc21. The zero-order valence-corrected chi connectivity index (χ0v) is 87.2. The predicted octanol–water partition coefficient (Wildman–Crippen LogP) is 40.5. The molecule has 24 aromatic rings. The second-order valence-electron chi connectivity index (χ2n) is 44.8.